The maximum Gasteiger partial charge on any atom is 0.233 e. The third kappa shape index (κ3) is 4.48. The molecule has 1 fully saturated rings. The summed E-state index contributed by atoms with van der Waals surface area (Å²) >= 11 is 6.68. The summed E-state index contributed by atoms with van der Waals surface area (Å²) < 4.78 is 6.12. The molecule has 1 aliphatic heterocycles. The number of hydrogen-bond acceptors (Lipinski definition) is 7. The Morgan fingerprint density at radius 2 is 1.73 bits per heavy atom. The summed E-state index contributed by atoms with van der Waals surface area (Å²) in [5.41, 5.74) is 2.57. The first-order valence-corrected chi connectivity index (χ1v) is 14.8. The van der Waals surface area contributed by atoms with Gasteiger partial charge in [0.05, 0.1) is 23.4 Å². The lowest BCUT2D eigenvalue weighted by Crippen LogP contribution is -2.39. The summed E-state index contributed by atoms with van der Waals surface area (Å²) in [5.74, 6) is -3.61. The number of methoxy groups -OCH3 is 1. The van der Waals surface area contributed by atoms with Gasteiger partial charge in [0.15, 0.2) is 23.1 Å². The van der Waals surface area contributed by atoms with Crippen LogP contribution in [0.5, 0.6) is 17.2 Å². The number of hydrogen-bond donors (Lipinski definition) is 2. The lowest BCUT2D eigenvalue weighted by Gasteiger charge is -2.42. The van der Waals surface area contributed by atoms with Gasteiger partial charge in [0, 0.05) is 39.7 Å². The topological polar surface area (TPSA) is 121 Å². The number of nitrogens with zero attached hydrogens (tertiary/aromatic N) is 1. The molecule has 0 radical (unpaired) electrons. The molecule has 3 aliphatic carbocycles. The van der Waals surface area contributed by atoms with Gasteiger partial charge in [-0.05, 0) is 70.9 Å². The Bertz CT molecular complexity index is 1620. The van der Waals surface area contributed by atoms with E-state index in [1.165, 1.54) is 18.1 Å². The number of fused-ring (bicyclic) bond motifs is 3. The van der Waals surface area contributed by atoms with Crippen molar-refractivity contribution in [3.05, 3.63) is 85.4 Å². The van der Waals surface area contributed by atoms with Gasteiger partial charge in [0.2, 0.25) is 11.8 Å². The summed E-state index contributed by atoms with van der Waals surface area (Å²) in [4.78, 5) is 55.5. The quantitative estimate of drug-likeness (QED) is 0.262. The van der Waals surface area contributed by atoms with Crippen LogP contribution in [0.1, 0.15) is 29.9 Å². The fraction of sp³-hybridized carbons (Fsp3) is 0.290. The van der Waals surface area contributed by atoms with E-state index in [1.54, 1.807) is 36.4 Å². The number of halogens is 2. The molecule has 4 unspecified atom stereocenters. The number of amides is 2. The van der Waals surface area contributed by atoms with E-state index in [-0.39, 0.29) is 63.7 Å². The van der Waals surface area contributed by atoms with Crippen LogP contribution in [-0.2, 0) is 25.6 Å². The van der Waals surface area contributed by atoms with Crippen molar-refractivity contribution in [1.82, 2.24) is 4.90 Å². The van der Waals surface area contributed by atoms with Crippen molar-refractivity contribution in [2.45, 2.75) is 25.2 Å². The molecule has 8 nitrogen and oxygen atoms in total. The molecule has 1 saturated heterocycles. The van der Waals surface area contributed by atoms with E-state index < -0.39 is 23.7 Å². The number of allylic oxidation sites excluding steroid dienone is 6. The predicted molar refractivity (Wildman–Crippen MR) is 155 cm³/mol. The molecule has 2 aromatic rings. The molecule has 6 rings (SSSR count). The summed E-state index contributed by atoms with van der Waals surface area (Å²) in [6.45, 7) is 0.199. The average molecular weight is 683 g/mol. The Morgan fingerprint density at radius 3 is 2.44 bits per heavy atom. The second-order valence-corrected chi connectivity index (χ2v) is 12.5. The second-order valence-electron chi connectivity index (χ2n) is 10.7. The minimum atomic E-state index is -0.793. The number of carbonyl (C=O) groups excluding carboxylic acids is 4. The van der Waals surface area contributed by atoms with Crippen LogP contribution in [0.15, 0.2) is 74.2 Å². The smallest absolute Gasteiger partial charge is 0.233 e. The van der Waals surface area contributed by atoms with Gasteiger partial charge >= 0.3 is 0 Å². The number of Topliss-reactive ketones (excluding diaryl/α,β-unsaturated/α-hetero) is 1. The lowest BCUT2D eigenvalue weighted by atomic mass is 9.59. The van der Waals surface area contributed by atoms with E-state index >= 15 is 0 Å². The molecular weight excluding hydrogens is 658 g/mol. The highest BCUT2D eigenvalue weighted by Crippen LogP contribution is 2.57. The van der Waals surface area contributed by atoms with Gasteiger partial charge in [0.25, 0.3) is 0 Å². The minimum absolute atomic E-state index is 0.138. The first-order chi connectivity index (χ1) is 19.6. The van der Waals surface area contributed by atoms with Crippen LogP contribution in [-0.4, -0.2) is 52.1 Å². The van der Waals surface area contributed by atoms with E-state index in [9.17, 15) is 29.4 Å². The van der Waals surface area contributed by atoms with Crippen LogP contribution in [0.2, 0.25) is 0 Å². The predicted octanol–water partition coefficient (Wildman–Crippen LogP) is 4.87. The van der Waals surface area contributed by atoms with Crippen LogP contribution in [0.3, 0.4) is 0 Å². The molecular formula is C31H25Br2NO7. The first-order valence-electron chi connectivity index (χ1n) is 13.2. The molecule has 0 spiro atoms. The molecule has 1 heterocycles. The van der Waals surface area contributed by atoms with Gasteiger partial charge in [-0.2, -0.15) is 0 Å². The maximum atomic E-state index is 13.9. The van der Waals surface area contributed by atoms with E-state index in [4.69, 9.17) is 4.74 Å². The molecule has 0 bridgehead atoms. The van der Waals surface area contributed by atoms with Crippen molar-refractivity contribution < 1.29 is 34.1 Å². The van der Waals surface area contributed by atoms with Gasteiger partial charge < -0.3 is 14.9 Å². The van der Waals surface area contributed by atoms with Crippen molar-refractivity contribution >= 4 is 55.2 Å². The SMILES string of the molecule is COc1cc(Br)cc(C2C3=CCC4C(=O)N(CCc5ccc(O)cc5)C(=O)C4C3CC3=C2C(=O)C=C(Br)C3=O)c1O. The summed E-state index contributed by atoms with van der Waals surface area (Å²) in [7, 11) is 1.43. The molecule has 4 aliphatic rings. The Morgan fingerprint density at radius 1 is 1.00 bits per heavy atom. The minimum Gasteiger partial charge on any atom is -0.508 e. The Kier molecular flexibility index (Phi) is 7.02. The van der Waals surface area contributed by atoms with Crippen LogP contribution in [0, 0.1) is 17.8 Å². The molecule has 2 N–H and O–H groups in total. The Hall–Kier alpha value is -3.50. The molecule has 2 amide bonds. The fourth-order valence-electron chi connectivity index (χ4n) is 6.72. The summed E-state index contributed by atoms with van der Waals surface area (Å²) in [5, 5.41) is 20.8. The van der Waals surface area contributed by atoms with Crippen molar-refractivity contribution in [2.75, 3.05) is 13.7 Å². The van der Waals surface area contributed by atoms with Crippen molar-refractivity contribution in [3.8, 4) is 17.2 Å². The van der Waals surface area contributed by atoms with E-state index in [0.29, 0.717) is 28.5 Å². The Labute approximate surface area is 252 Å². The van der Waals surface area contributed by atoms with Gasteiger partial charge in [-0.1, -0.05) is 39.7 Å². The number of phenolic OH excluding ortho intramolecular Hbond substituents is 2. The zero-order chi connectivity index (χ0) is 29.2. The summed E-state index contributed by atoms with van der Waals surface area (Å²) in [6, 6.07) is 9.93. The Balaban J connectivity index is 1.42. The highest BCUT2D eigenvalue weighted by molar-refractivity contribution is 9.12. The number of phenols is 2. The molecule has 41 heavy (non-hydrogen) atoms. The van der Waals surface area contributed by atoms with E-state index in [1.807, 2.05) is 6.08 Å². The third-order valence-electron chi connectivity index (χ3n) is 8.58. The first kappa shape index (κ1) is 27.7. The summed E-state index contributed by atoms with van der Waals surface area (Å²) in [6.07, 6.45) is 4.05. The van der Waals surface area contributed by atoms with Crippen molar-refractivity contribution in [3.63, 3.8) is 0 Å². The monoisotopic (exact) mass is 681 g/mol. The number of likely N-dealkylation sites (tertiary alicyclic amines) is 1. The zero-order valence-electron chi connectivity index (χ0n) is 21.9. The van der Waals surface area contributed by atoms with Crippen LogP contribution in [0.4, 0.5) is 0 Å². The molecule has 210 valence electrons. The number of aromatic hydroxyl groups is 2. The number of ether oxygens (including phenoxy) is 1. The molecule has 0 saturated carbocycles. The average Bonchev–Trinajstić information content (AvgIpc) is 3.20. The van der Waals surface area contributed by atoms with Gasteiger partial charge in [-0.15, -0.1) is 0 Å². The van der Waals surface area contributed by atoms with Gasteiger partial charge in [0.1, 0.15) is 5.75 Å². The van der Waals surface area contributed by atoms with Gasteiger partial charge in [-0.25, -0.2) is 0 Å². The van der Waals surface area contributed by atoms with Gasteiger partial charge in [-0.3, -0.25) is 24.1 Å². The molecule has 2 aromatic carbocycles. The largest absolute Gasteiger partial charge is 0.508 e. The zero-order valence-corrected chi connectivity index (χ0v) is 25.1. The van der Waals surface area contributed by atoms with Crippen LogP contribution >= 0.6 is 31.9 Å². The number of rotatable bonds is 5. The maximum absolute atomic E-state index is 13.9. The molecule has 4 atom stereocenters. The standard InChI is InChI=1S/C31H25Br2NO7/c1-41-24-11-15(32)10-20(29(24)38)25-17-6-7-18-26(19(17)12-21-27(25)23(36)13-22(33)28(21)37)31(40)34(30(18)39)9-8-14-2-4-16(35)5-3-14/h2-6,10-11,13,18-19,25-26,35,38H,7-9,12H2,1H3. The molecule has 10 heteroatoms. The second kappa shape index (κ2) is 10.4. The van der Waals surface area contributed by atoms with Crippen molar-refractivity contribution in [2.24, 2.45) is 17.8 Å². The highest BCUT2D eigenvalue weighted by Gasteiger charge is 2.56. The van der Waals surface area contributed by atoms with Crippen molar-refractivity contribution in [1.29, 1.82) is 0 Å². The van der Waals surface area contributed by atoms with Crippen LogP contribution in [0.25, 0.3) is 0 Å². The van der Waals surface area contributed by atoms with Crippen LogP contribution < -0.4 is 4.74 Å². The third-order valence-corrected chi connectivity index (χ3v) is 9.63. The molecule has 0 aromatic heterocycles. The number of imide groups is 1. The number of benzene rings is 2. The highest BCUT2D eigenvalue weighted by atomic mass is 79.9. The van der Waals surface area contributed by atoms with E-state index in [2.05, 4.69) is 31.9 Å². The fourth-order valence-corrected chi connectivity index (χ4v) is 7.62. The normalized spacial score (nSPS) is 25.5. The lowest BCUT2D eigenvalue weighted by molar-refractivity contribution is -0.140. The van der Waals surface area contributed by atoms with E-state index in [0.717, 1.165) is 11.1 Å². The number of carbonyl (C=O) groups is 4. The number of ketones is 2.